The molecule has 2 aromatic rings. The predicted molar refractivity (Wildman–Crippen MR) is 55.6 cm³/mol. The molecule has 0 aliphatic rings. The fraction of sp³-hybridized carbons (Fsp3) is 0.182. The third kappa shape index (κ3) is 1.64. The molecule has 2 N–H and O–H groups in total. The summed E-state index contributed by atoms with van der Waals surface area (Å²) in [5.74, 6) is -1.26. The second-order valence-electron chi connectivity index (χ2n) is 3.35. The number of hydrogen-bond acceptors (Lipinski definition) is 3. The van der Waals surface area contributed by atoms with Gasteiger partial charge in [-0.05, 0) is 18.6 Å². The van der Waals surface area contributed by atoms with Crippen LogP contribution >= 0.6 is 0 Å². The molecule has 0 aliphatic heterocycles. The van der Waals surface area contributed by atoms with Crippen LogP contribution in [0.15, 0.2) is 22.7 Å². The summed E-state index contributed by atoms with van der Waals surface area (Å²) in [7, 11) is 0. The zero-order valence-electron chi connectivity index (χ0n) is 8.63. The Hall–Kier alpha value is -1.91. The molecule has 16 heavy (non-hydrogen) atoms. The SMILES string of the molecule is CCc1noc(N)c1-c1ccc(F)cc1F. The van der Waals surface area contributed by atoms with Crippen molar-refractivity contribution in [1.82, 2.24) is 5.16 Å². The van der Waals surface area contributed by atoms with Gasteiger partial charge in [-0.15, -0.1) is 0 Å². The van der Waals surface area contributed by atoms with E-state index in [4.69, 9.17) is 10.3 Å². The molecule has 1 aromatic heterocycles. The summed E-state index contributed by atoms with van der Waals surface area (Å²) >= 11 is 0. The molecule has 0 radical (unpaired) electrons. The zero-order valence-corrected chi connectivity index (χ0v) is 8.63. The Morgan fingerprint density at radius 2 is 2.12 bits per heavy atom. The van der Waals surface area contributed by atoms with Crippen molar-refractivity contribution in [3.63, 3.8) is 0 Å². The molecule has 0 atom stereocenters. The molecule has 5 heteroatoms. The highest BCUT2D eigenvalue weighted by molar-refractivity contribution is 5.75. The highest BCUT2D eigenvalue weighted by Gasteiger charge is 2.17. The van der Waals surface area contributed by atoms with Gasteiger partial charge in [0, 0.05) is 11.6 Å². The molecule has 0 amide bonds. The van der Waals surface area contributed by atoms with Crippen molar-refractivity contribution < 1.29 is 13.3 Å². The van der Waals surface area contributed by atoms with Crippen molar-refractivity contribution in [2.45, 2.75) is 13.3 Å². The topological polar surface area (TPSA) is 52.0 Å². The number of nitrogen functional groups attached to an aromatic ring is 1. The van der Waals surface area contributed by atoms with Gasteiger partial charge in [0.2, 0.25) is 5.88 Å². The van der Waals surface area contributed by atoms with Crippen LogP contribution in [0, 0.1) is 11.6 Å². The third-order valence-electron chi connectivity index (χ3n) is 2.32. The number of benzene rings is 1. The van der Waals surface area contributed by atoms with E-state index in [0.717, 1.165) is 6.07 Å². The van der Waals surface area contributed by atoms with Gasteiger partial charge in [0.15, 0.2) is 0 Å². The van der Waals surface area contributed by atoms with Crippen LogP contribution in [0.1, 0.15) is 12.6 Å². The number of aromatic nitrogens is 1. The quantitative estimate of drug-likeness (QED) is 0.853. The monoisotopic (exact) mass is 224 g/mol. The van der Waals surface area contributed by atoms with Crippen molar-refractivity contribution in [2.75, 3.05) is 5.73 Å². The smallest absolute Gasteiger partial charge is 0.230 e. The van der Waals surface area contributed by atoms with E-state index in [9.17, 15) is 8.78 Å². The number of nitrogens with two attached hydrogens (primary N) is 1. The molecule has 1 aromatic carbocycles. The maximum absolute atomic E-state index is 13.5. The molecule has 3 nitrogen and oxygen atoms in total. The Labute approximate surface area is 90.9 Å². The maximum atomic E-state index is 13.5. The van der Waals surface area contributed by atoms with Crippen LogP contribution in [-0.2, 0) is 6.42 Å². The second kappa shape index (κ2) is 3.92. The average Bonchev–Trinajstić information content (AvgIpc) is 2.60. The van der Waals surface area contributed by atoms with E-state index in [2.05, 4.69) is 5.16 Å². The Balaban J connectivity index is 2.62. The number of rotatable bonds is 2. The lowest BCUT2D eigenvalue weighted by Crippen LogP contribution is -1.93. The number of anilines is 1. The van der Waals surface area contributed by atoms with Crippen molar-refractivity contribution in [1.29, 1.82) is 0 Å². The fourth-order valence-electron chi connectivity index (χ4n) is 1.56. The maximum Gasteiger partial charge on any atom is 0.230 e. The Bertz CT molecular complexity index is 523. The summed E-state index contributed by atoms with van der Waals surface area (Å²) < 4.78 is 31.1. The van der Waals surface area contributed by atoms with Gasteiger partial charge in [0.1, 0.15) is 11.6 Å². The molecular formula is C11H10F2N2O. The Kier molecular flexibility index (Phi) is 2.60. The first kappa shape index (κ1) is 10.6. The Morgan fingerprint density at radius 1 is 1.38 bits per heavy atom. The number of hydrogen-bond donors (Lipinski definition) is 1. The Morgan fingerprint density at radius 3 is 2.75 bits per heavy atom. The van der Waals surface area contributed by atoms with Gasteiger partial charge in [-0.1, -0.05) is 12.1 Å². The molecule has 84 valence electrons. The van der Waals surface area contributed by atoms with Crippen molar-refractivity contribution in [3.05, 3.63) is 35.5 Å². The lowest BCUT2D eigenvalue weighted by Gasteiger charge is -2.02. The molecule has 0 spiro atoms. The van der Waals surface area contributed by atoms with E-state index >= 15 is 0 Å². The second-order valence-corrected chi connectivity index (χ2v) is 3.35. The van der Waals surface area contributed by atoms with Crippen LogP contribution in [0.5, 0.6) is 0 Å². The fourth-order valence-corrected chi connectivity index (χ4v) is 1.56. The van der Waals surface area contributed by atoms with Gasteiger partial charge < -0.3 is 10.3 Å². The van der Waals surface area contributed by atoms with Crippen LogP contribution in [0.2, 0.25) is 0 Å². The minimum Gasteiger partial charge on any atom is -0.367 e. The molecule has 2 rings (SSSR count). The van der Waals surface area contributed by atoms with Gasteiger partial charge in [0.05, 0.1) is 11.3 Å². The summed E-state index contributed by atoms with van der Waals surface area (Å²) in [6.45, 7) is 1.85. The van der Waals surface area contributed by atoms with Gasteiger partial charge >= 0.3 is 0 Å². The summed E-state index contributed by atoms with van der Waals surface area (Å²) in [6.07, 6.45) is 0.562. The minimum atomic E-state index is -0.676. The summed E-state index contributed by atoms with van der Waals surface area (Å²) in [5, 5.41) is 3.71. The first-order chi connectivity index (χ1) is 7.63. The third-order valence-corrected chi connectivity index (χ3v) is 2.32. The van der Waals surface area contributed by atoms with E-state index in [0.29, 0.717) is 17.7 Å². The van der Waals surface area contributed by atoms with Crippen LogP contribution in [0.25, 0.3) is 11.1 Å². The van der Waals surface area contributed by atoms with E-state index in [1.165, 1.54) is 12.1 Å². The first-order valence-electron chi connectivity index (χ1n) is 4.83. The van der Waals surface area contributed by atoms with Crippen LogP contribution in [-0.4, -0.2) is 5.16 Å². The molecule has 1 heterocycles. The van der Waals surface area contributed by atoms with Crippen LogP contribution in [0.4, 0.5) is 14.7 Å². The van der Waals surface area contributed by atoms with E-state index in [-0.39, 0.29) is 11.4 Å². The molecule has 0 fully saturated rings. The van der Waals surface area contributed by atoms with Crippen molar-refractivity contribution in [2.24, 2.45) is 0 Å². The predicted octanol–water partition coefficient (Wildman–Crippen LogP) is 2.76. The lowest BCUT2D eigenvalue weighted by molar-refractivity contribution is 0.428. The first-order valence-corrected chi connectivity index (χ1v) is 4.83. The van der Waals surface area contributed by atoms with Gasteiger partial charge in [-0.3, -0.25) is 0 Å². The van der Waals surface area contributed by atoms with E-state index in [1.807, 2.05) is 6.92 Å². The summed E-state index contributed by atoms with van der Waals surface area (Å²) in [5.41, 5.74) is 6.73. The van der Waals surface area contributed by atoms with Gasteiger partial charge in [-0.25, -0.2) is 8.78 Å². The summed E-state index contributed by atoms with van der Waals surface area (Å²) in [4.78, 5) is 0. The number of nitrogens with zero attached hydrogens (tertiary/aromatic N) is 1. The average molecular weight is 224 g/mol. The molecule has 0 bridgehead atoms. The van der Waals surface area contributed by atoms with Gasteiger partial charge in [-0.2, -0.15) is 0 Å². The van der Waals surface area contributed by atoms with Crippen molar-refractivity contribution in [3.8, 4) is 11.1 Å². The van der Waals surface area contributed by atoms with Crippen LogP contribution < -0.4 is 5.73 Å². The van der Waals surface area contributed by atoms with E-state index in [1.54, 1.807) is 0 Å². The van der Waals surface area contributed by atoms with Crippen LogP contribution in [0.3, 0.4) is 0 Å². The molecular weight excluding hydrogens is 214 g/mol. The summed E-state index contributed by atoms with van der Waals surface area (Å²) in [6, 6.07) is 3.30. The number of halogens is 2. The van der Waals surface area contributed by atoms with Crippen molar-refractivity contribution >= 4 is 5.88 Å². The lowest BCUT2D eigenvalue weighted by atomic mass is 10.0. The molecule has 0 aliphatic carbocycles. The highest BCUT2D eigenvalue weighted by Crippen LogP contribution is 2.32. The largest absolute Gasteiger partial charge is 0.367 e. The van der Waals surface area contributed by atoms with E-state index < -0.39 is 11.6 Å². The number of aryl methyl sites for hydroxylation is 1. The van der Waals surface area contributed by atoms with Gasteiger partial charge in [0.25, 0.3) is 0 Å². The minimum absolute atomic E-state index is 0.0439. The molecule has 0 saturated heterocycles. The molecule has 0 unspecified atom stereocenters. The molecule has 0 saturated carbocycles. The normalized spacial score (nSPS) is 10.7. The standard InChI is InChI=1S/C11H10F2N2O/c1-2-9-10(11(14)16-15-9)7-4-3-6(12)5-8(7)13/h3-5H,2,14H2,1H3. The zero-order chi connectivity index (χ0) is 11.7. The highest BCUT2D eigenvalue weighted by atomic mass is 19.1.